The zero-order valence-electron chi connectivity index (χ0n) is 13.5. The summed E-state index contributed by atoms with van der Waals surface area (Å²) in [5.41, 5.74) is 1.27. The second-order valence-electron chi connectivity index (χ2n) is 7.17. The first-order valence-corrected chi connectivity index (χ1v) is 8.44. The van der Waals surface area contributed by atoms with E-state index < -0.39 is 0 Å². The number of carbonyl (C=O) groups excluding carboxylic acids is 1. The van der Waals surface area contributed by atoms with Crippen LogP contribution in [0.1, 0.15) is 26.2 Å². The van der Waals surface area contributed by atoms with Gasteiger partial charge in [-0.15, -0.1) is 0 Å². The van der Waals surface area contributed by atoms with Crippen LogP contribution in [0.2, 0.25) is 0 Å². The molecule has 120 valence electrons. The maximum Gasteiger partial charge on any atom is 0.228 e. The zero-order valence-corrected chi connectivity index (χ0v) is 13.5. The molecule has 0 spiro atoms. The second kappa shape index (κ2) is 6.80. The lowest BCUT2D eigenvalue weighted by atomic mass is 9.87. The first-order valence-electron chi connectivity index (χ1n) is 8.44. The van der Waals surface area contributed by atoms with Crippen molar-refractivity contribution in [1.29, 1.82) is 0 Å². The quantitative estimate of drug-likeness (QED) is 0.897. The Labute approximate surface area is 133 Å². The number of nitrogens with zero attached hydrogens (tertiary/aromatic N) is 1. The van der Waals surface area contributed by atoms with Crippen LogP contribution in [0.5, 0.6) is 0 Å². The number of benzene rings is 1. The highest BCUT2D eigenvalue weighted by Gasteiger charge is 2.33. The van der Waals surface area contributed by atoms with Crippen LogP contribution in [0.3, 0.4) is 0 Å². The minimum Gasteiger partial charge on any atom is -0.326 e. The molecule has 2 atom stereocenters. The zero-order chi connectivity index (χ0) is 15.4. The van der Waals surface area contributed by atoms with Crippen molar-refractivity contribution >= 4 is 11.6 Å². The number of carbonyl (C=O) groups is 1. The monoisotopic (exact) mass is 301 g/mol. The average molecular weight is 301 g/mol. The van der Waals surface area contributed by atoms with Gasteiger partial charge < -0.3 is 15.5 Å². The fourth-order valence-corrected chi connectivity index (χ4v) is 3.72. The number of piperidine rings is 1. The number of nitrogens with one attached hydrogen (secondary N) is 2. The average Bonchev–Trinajstić information content (AvgIpc) is 2.95. The van der Waals surface area contributed by atoms with Gasteiger partial charge in [-0.25, -0.2) is 0 Å². The van der Waals surface area contributed by atoms with Crippen molar-refractivity contribution in [2.45, 2.75) is 26.2 Å². The Morgan fingerprint density at radius 1 is 1.41 bits per heavy atom. The van der Waals surface area contributed by atoms with E-state index in [1.165, 1.54) is 6.42 Å². The van der Waals surface area contributed by atoms with E-state index in [4.69, 9.17) is 0 Å². The minimum atomic E-state index is 0.118. The number of amides is 1. The van der Waals surface area contributed by atoms with E-state index in [0.29, 0.717) is 5.41 Å². The molecular formula is C18H27N3O. The number of anilines is 1. The molecule has 1 amide bonds. The fraction of sp³-hybridized carbons (Fsp3) is 0.611. The molecule has 2 saturated heterocycles. The molecule has 2 heterocycles. The summed E-state index contributed by atoms with van der Waals surface area (Å²) < 4.78 is 0. The number of rotatable bonds is 4. The summed E-state index contributed by atoms with van der Waals surface area (Å²) in [5.74, 6) is 0.289. The number of hydrogen-bond acceptors (Lipinski definition) is 3. The van der Waals surface area contributed by atoms with Crippen molar-refractivity contribution in [3.05, 3.63) is 30.3 Å². The molecule has 22 heavy (non-hydrogen) atoms. The van der Waals surface area contributed by atoms with Crippen LogP contribution in [0, 0.1) is 11.3 Å². The molecule has 0 aromatic heterocycles. The lowest BCUT2D eigenvalue weighted by molar-refractivity contribution is -0.121. The summed E-state index contributed by atoms with van der Waals surface area (Å²) in [6.45, 7) is 7.72. The molecular weight excluding hydrogens is 274 g/mol. The lowest BCUT2D eigenvalue weighted by Crippen LogP contribution is -2.45. The predicted octanol–water partition coefficient (Wildman–Crippen LogP) is 2.34. The molecule has 0 saturated carbocycles. The molecule has 4 heteroatoms. The maximum absolute atomic E-state index is 12.5. The van der Waals surface area contributed by atoms with Gasteiger partial charge in [-0.2, -0.15) is 0 Å². The Balaban J connectivity index is 1.54. The Kier molecular flexibility index (Phi) is 4.79. The summed E-state index contributed by atoms with van der Waals surface area (Å²) in [5, 5.41) is 6.52. The highest BCUT2D eigenvalue weighted by Crippen LogP contribution is 2.28. The van der Waals surface area contributed by atoms with Crippen LogP contribution in [-0.4, -0.2) is 43.5 Å². The van der Waals surface area contributed by atoms with Crippen molar-refractivity contribution in [3.8, 4) is 0 Å². The lowest BCUT2D eigenvalue weighted by Gasteiger charge is -2.37. The SMILES string of the molecule is CC1(CN2CCCC(C(=O)Nc3ccccc3)C2)CCNC1. The van der Waals surface area contributed by atoms with Gasteiger partial charge in [0.25, 0.3) is 0 Å². The van der Waals surface area contributed by atoms with Crippen molar-refractivity contribution < 1.29 is 4.79 Å². The molecule has 2 aliphatic heterocycles. The fourth-order valence-electron chi connectivity index (χ4n) is 3.72. The highest BCUT2D eigenvalue weighted by atomic mass is 16.1. The summed E-state index contributed by atoms with van der Waals surface area (Å²) in [6, 6.07) is 9.77. The Morgan fingerprint density at radius 2 is 2.23 bits per heavy atom. The van der Waals surface area contributed by atoms with Crippen LogP contribution in [0.25, 0.3) is 0 Å². The van der Waals surface area contributed by atoms with Gasteiger partial charge >= 0.3 is 0 Å². The molecule has 0 bridgehead atoms. The third kappa shape index (κ3) is 3.87. The van der Waals surface area contributed by atoms with Gasteiger partial charge in [-0.1, -0.05) is 25.1 Å². The summed E-state index contributed by atoms with van der Waals surface area (Å²) in [6.07, 6.45) is 3.37. The summed E-state index contributed by atoms with van der Waals surface area (Å²) in [7, 11) is 0. The van der Waals surface area contributed by atoms with Gasteiger partial charge in [0.05, 0.1) is 5.92 Å². The van der Waals surface area contributed by atoms with Gasteiger partial charge in [0, 0.05) is 25.3 Å². The van der Waals surface area contributed by atoms with Crippen LogP contribution in [0.15, 0.2) is 30.3 Å². The summed E-state index contributed by atoms with van der Waals surface area (Å²) in [4.78, 5) is 15.0. The molecule has 3 rings (SSSR count). The molecule has 1 aromatic carbocycles. The normalized spacial score (nSPS) is 29.4. The van der Waals surface area contributed by atoms with E-state index >= 15 is 0 Å². The van der Waals surface area contributed by atoms with Crippen LogP contribution < -0.4 is 10.6 Å². The van der Waals surface area contributed by atoms with Gasteiger partial charge in [0.2, 0.25) is 5.91 Å². The standard InChI is InChI=1S/C18H27N3O/c1-18(9-10-19-13-18)14-21-11-5-6-15(12-21)17(22)20-16-7-3-2-4-8-16/h2-4,7-8,15,19H,5-6,9-14H2,1H3,(H,20,22). The molecule has 4 nitrogen and oxygen atoms in total. The maximum atomic E-state index is 12.5. The van der Waals surface area contributed by atoms with E-state index in [9.17, 15) is 4.79 Å². The molecule has 1 aromatic rings. The first kappa shape index (κ1) is 15.5. The predicted molar refractivity (Wildman–Crippen MR) is 89.8 cm³/mol. The Morgan fingerprint density at radius 3 is 2.95 bits per heavy atom. The van der Waals surface area contributed by atoms with Crippen molar-refractivity contribution in [3.63, 3.8) is 0 Å². The summed E-state index contributed by atoms with van der Waals surface area (Å²) >= 11 is 0. The molecule has 2 unspecified atom stereocenters. The highest BCUT2D eigenvalue weighted by molar-refractivity contribution is 5.92. The minimum absolute atomic E-state index is 0.118. The third-order valence-corrected chi connectivity index (χ3v) is 4.98. The molecule has 2 aliphatic rings. The van der Waals surface area contributed by atoms with Gasteiger partial charge in [0.1, 0.15) is 0 Å². The molecule has 2 fully saturated rings. The molecule has 0 radical (unpaired) electrons. The van der Waals surface area contributed by atoms with E-state index in [0.717, 1.165) is 51.3 Å². The number of para-hydroxylation sites is 1. The van der Waals surface area contributed by atoms with E-state index in [1.807, 2.05) is 30.3 Å². The van der Waals surface area contributed by atoms with Crippen LogP contribution >= 0.6 is 0 Å². The van der Waals surface area contributed by atoms with Crippen molar-refractivity contribution in [2.24, 2.45) is 11.3 Å². The topological polar surface area (TPSA) is 44.4 Å². The van der Waals surface area contributed by atoms with Crippen LogP contribution in [0.4, 0.5) is 5.69 Å². The second-order valence-corrected chi connectivity index (χ2v) is 7.17. The van der Waals surface area contributed by atoms with E-state index in [-0.39, 0.29) is 11.8 Å². The smallest absolute Gasteiger partial charge is 0.228 e. The van der Waals surface area contributed by atoms with Gasteiger partial charge in [-0.05, 0) is 49.9 Å². The molecule has 0 aliphatic carbocycles. The van der Waals surface area contributed by atoms with Gasteiger partial charge in [-0.3, -0.25) is 4.79 Å². The van der Waals surface area contributed by atoms with Gasteiger partial charge in [0.15, 0.2) is 0 Å². The Hall–Kier alpha value is -1.39. The van der Waals surface area contributed by atoms with Crippen molar-refractivity contribution in [2.75, 3.05) is 38.0 Å². The number of likely N-dealkylation sites (tertiary alicyclic amines) is 1. The third-order valence-electron chi connectivity index (χ3n) is 4.98. The van der Waals surface area contributed by atoms with Crippen LogP contribution in [-0.2, 0) is 4.79 Å². The largest absolute Gasteiger partial charge is 0.326 e. The van der Waals surface area contributed by atoms with Crippen molar-refractivity contribution in [1.82, 2.24) is 10.2 Å². The van der Waals surface area contributed by atoms with E-state index in [2.05, 4.69) is 22.5 Å². The first-order chi connectivity index (χ1) is 10.6. The number of hydrogen-bond donors (Lipinski definition) is 2. The van der Waals surface area contributed by atoms with E-state index in [1.54, 1.807) is 0 Å². The molecule has 2 N–H and O–H groups in total. The Bertz CT molecular complexity index is 496.